The smallest absolute Gasteiger partial charge is 0.218 e. The van der Waals surface area contributed by atoms with Gasteiger partial charge in [-0.05, 0) is 12.1 Å². The van der Waals surface area contributed by atoms with Crippen molar-refractivity contribution >= 4 is 12.2 Å². The summed E-state index contributed by atoms with van der Waals surface area (Å²) in [4.78, 5) is 20.9. The summed E-state index contributed by atoms with van der Waals surface area (Å²) in [5, 5.41) is 0. The van der Waals surface area contributed by atoms with Crippen LogP contribution in [0, 0.1) is 0 Å². The van der Waals surface area contributed by atoms with Crippen LogP contribution in [0.2, 0.25) is 0 Å². The van der Waals surface area contributed by atoms with Gasteiger partial charge in [0, 0.05) is 13.1 Å². The molecule has 0 aliphatic carbocycles. The molecule has 0 unspecified atom stereocenters. The summed E-state index contributed by atoms with van der Waals surface area (Å²) >= 11 is 0. The first-order valence-corrected chi connectivity index (χ1v) is 2.89. The minimum atomic E-state index is -0.0999. The first-order valence-electron chi connectivity index (χ1n) is 2.89. The van der Waals surface area contributed by atoms with Gasteiger partial charge >= 0.3 is 0 Å². The molecule has 52 valence electrons. The summed E-state index contributed by atoms with van der Waals surface area (Å²) in [5.41, 5.74) is 0.426. The van der Waals surface area contributed by atoms with Crippen LogP contribution in [0.5, 0.6) is 0 Å². The highest BCUT2D eigenvalue weighted by Crippen LogP contribution is 1.99. The summed E-state index contributed by atoms with van der Waals surface area (Å²) in [5.74, 6) is -0.0999. The van der Waals surface area contributed by atoms with Crippen molar-refractivity contribution in [2.75, 3.05) is 0 Å². The Labute approximate surface area is 58.3 Å². The van der Waals surface area contributed by atoms with Crippen LogP contribution in [0.25, 0.3) is 0 Å². The lowest BCUT2D eigenvalue weighted by Crippen LogP contribution is -2.03. The Bertz CT molecular complexity index is 262. The average molecular weight is 137 g/mol. The van der Waals surface area contributed by atoms with Gasteiger partial charge in [-0.2, -0.15) is 0 Å². The van der Waals surface area contributed by atoms with E-state index in [0.717, 1.165) is 0 Å². The molecule has 0 bridgehead atoms. The molecule has 0 atom stereocenters. The van der Waals surface area contributed by atoms with Crippen LogP contribution in [0.1, 0.15) is 17.4 Å². The topological polar surface area (TPSA) is 39.1 Å². The monoisotopic (exact) mass is 137 g/mol. The van der Waals surface area contributed by atoms with Crippen LogP contribution in [-0.4, -0.2) is 16.8 Å². The summed E-state index contributed by atoms with van der Waals surface area (Å²) < 4.78 is 1.25. The Kier molecular flexibility index (Phi) is 1.67. The highest BCUT2D eigenvalue weighted by atomic mass is 16.1. The molecular formula is C7H7NO2. The van der Waals surface area contributed by atoms with E-state index in [1.54, 1.807) is 18.3 Å². The van der Waals surface area contributed by atoms with E-state index >= 15 is 0 Å². The molecule has 3 nitrogen and oxygen atoms in total. The van der Waals surface area contributed by atoms with Gasteiger partial charge in [0.25, 0.3) is 0 Å². The predicted molar refractivity (Wildman–Crippen MR) is 36.6 cm³/mol. The second kappa shape index (κ2) is 2.47. The molecule has 0 aromatic carbocycles. The maximum Gasteiger partial charge on any atom is 0.218 e. The SMILES string of the molecule is CC(=O)c1cccn1C=O. The van der Waals surface area contributed by atoms with E-state index in [0.29, 0.717) is 12.1 Å². The first kappa shape index (κ1) is 6.74. The van der Waals surface area contributed by atoms with Gasteiger partial charge in [-0.25, -0.2) is 0 Å². The Morgan fingerprint density at radius 3 is 2.80 bits per heavy atom. The van der Waals surface area contributed by atoms with Gasteiger partial charge in [-0.1, -0.05) is 0 Å². The number of ketones is 1. The molecule has 0 aliphatic rings. The number of rotatable bonds is 2. The van der Waals surface area contributed by atoms with Gasteiger partial charge in [0.05, 0.1) is 5.69 Å². The number of Topliss-reactive ketones (excluding diaryl/α,β-unsaturated/α-hetero) is 1. The second-order valence-electron chi connectivity index (χ2n) is 1.96. The molecular weight excluding hydrogens is 130 g/mol. The van der Waals surface area contributed by atoms with Crippen LogP contribution in [0.4, 0.5) is 0 Å². The quantitative estimate of drug-likeness (QED) is 0.445. The van der Waals surface area contributed by atoms with Gasteiger partial charge < -0.3 is 0 Å². The summed E-state index contributed by atoms with van der Waals surface area (Å²) in [6.07, 6.45) is 2.15. The molecule has 1 rings (SSSR count). The van der Waals surface area contributed by atoms with Gasteiger partial charge in [0.1, 0.15) is 0 Å². The van der Waals surface area contributed by atoms with Crippen molar-refractivity contribution in [2.24, 2.45) is 0 Å². The second-order valence-corrected chi connectivity index (χ2v) is 1.96. The number of carbonyl (C=O) groups excluding carboxylic acids is 2. The van der Waals surface area contributed by atoms with Crippen molar-refractivity contribution in [3.63, 3.8) is 0 Å². The van der Waals surface area contributed by atoms with Gasteiger partial charge in [0.15, 0.2) is 5.78 Å². The molecule has 0 saturated heterocycles. The largest absolute Gasteiger partial charge is 0.293 e. The molecule has 10 heavy (non-hydrogen) atoms. The molecule has 0 N–H and O–H groups in total. The summed E-state index contributed by atoms with van der Waals surface area (Å²) in [7, 11) is 0. The minimum absolute atomic E-state index is 0.0999. The third-order valence-electron chi connectivity index (χ3n) is 1.25. The molecule has 0 aliphatic heterocycles. The summed E-state index contributed by atoms with van der Waals surface area (Å²) in [6.45, 7) is 1.43. The Hall–Kier alpha value is -1.38. The molecule has 0 radical (unpaired) electrons. The lowest BCUT2D eigenvalue weighted by molar-refractivity contribution is 0.101. The van der Waals surface area contributed by atoms with Gasteiger partial charge in [-0.15, -0.1) is 0 Å². The van der Waals surface area contributed by atoms with Crippen molar-refractivity contribution in [1.29, 1.82) is 0 Å². The molecule has 0 fully saturated rings. The third kappa shape index (κ3) is 0.978. The molecule has 1 heterocycles. The highest BCUT2D eigenvalue weighted by Gasteiger charge is 2.02. The molecule has 1 aromatic rings. The molecule has 1 aromatic heterocycles. The van der Waals surface area contributed by atoms with Crippen LogP contribution in [-0.2, 0) is 4.79 Å². The Morgan fingerprint density at radius 2 is 2.40 bits per heavy atom. The van der Waals surface area contributed by atoms with Crippen LogP contribution < -0.4 is 0 Å². The predicted octanol–water partition coefficient (Wildman–Crippen LogP) is 0.729. The zero-order valence-corrected chi connectivity index (χ0v) is 5.57. The van der Waals surface area contributed by atoms with Crippen LogP contribution >= 0.6 is 0 Å². The maximum absolute atomic E-state index is 10.7. The van der Waals surface area contributed by atoms with Crippen molar-refractivity contribution in [3.05, 3.63) is 24.0 Å². The molecule has 0 amide bonds. The van der Waals surface area contributed by atoms with Crippen molar-refractivity contribution in [3.8, 4) is 0 Å². The van der Waals surface area contributed by atoms with E-state index in [1.165, 1.54) is 11.5 Å². The lowest BCUT2D eigenvalue weighted by atomic mass is 10.3. The fourth-order valence-corrected chi connectivity index (χ4v) is 0.784. The van der Waals surface area contributed by atoms with Gasteiger partial charge in [0.2, 0.25) is 6.41 Å². The van der Waals surface area contributed by atoms with Crippen LogP contribution in [0.15, 0.2) is 18.3 Å². The Morgan fingerprint density at radius 1 is 1.70 bits per heavy atom. The van der Waals surface area contributed by atoms with Gasteiger partial charge in [-0.3, -0.25) is 14.2 Å². The van der Waals surface area contributed by atoms with Crippen molar-refractivity contribution < 1.29 is 9.59 Å². The van der Waals surface area contributed by atoms with Crippen LogP contribution in [0.3, 0.4) is 0 Å². The third-order valence-corrected chi connectivity index (χ3v) is 1.25. The van der Waals surface area contributed by atoms with E-state index in [1.807, 2.05) is 0 Å². The first-order chi connectivity index (χ1) is 4.75. The number of hydrogen-bond donors (Lipinski definition) is 0. The zero-order chi connectivity index (χ0) is 7.56. The van der Waals surface area contributed by atoms with E-state index < -0.39 is 0 Å². The highest BCUT2D eigenvalue weighted by molar-refractivity contribution is 5.94. The fraction of sp³-hybridized carbons (Fsp3) is 0.143. The summed E-state index contributed by atoms with van der Waals surface area (Å²) in [6, 6.07) is 3.27. The molecule has 0 saturated carbocycles. The van der Waals surface area contributed by atoms with Crippen molar-refractivity contribution in [2.45, 2.75) is 6.92 Å². The normalized spacial score (nSPS) is 9.30. The molecule has 0 spiro atoms. The fourth-order valence-electron chi connectivity index (χ4n) is 0.784. The Balaban J connectivity index is 3.13. The number of hydrogen-bond acceptors (Lipinski definition) is 2. The van der Waals surface area contributed by atoms with Crippen molar-refractivity contribution in [1.82, 2.24) is 4.57 Å². The standard InChI is InChI=1S/C7H7NO2/c1-6(10)7-3-2-4-8(7)5-9/h2-5H,1H3. The molecule has 3 heteroatoms. The average Bonchev–Trinajstić information content (AvgIpc) is 2.33. The van der Waals surface area contributed by atoms with E-state index in [9.17, 15) is 9.59 Å². The number of nitrogens with zero attached hydrogens (tertiary/aromatic N) is 1. The van der Waals surface area contributed by atoms with E-state index in [-0.39, 0.29) is 5.78 Å². The number of aromatic nitrogens is 1. The maximum atomic E-state index is 10.7. The van der Waals surface area contributed by atoms with E-state index in [4.69, 9.17) is 0 Å². The zero-order valence-electron chi connectivity index (χ0n) is 5.57. The van der Waals surface area contributed by atoms with E-state index in [2.05, 4.69) is 0 Å². The lowest BCUT2D eigenvalue weighted by Gasteiger charge is -1.93. The minimum Gasteiger partial charge on any atom is -0.293 e. The number of carbonyl (C=O) groups is 2.